The van der Waals surface area contributed by atoms with E-state index in [1.54, 1.807) is 17.9 Å². The van der Waals surface area contributed by atoms with Crippen LogP contribution in [0.3, 0.4) is 0 Å². The molecule has 17 heteroatoms. The van der Waals surface area contributed by atoms with Crippen LogP contribution in [0.1, 0.15) is 116 Å². The predicted octanol–water partition coefficient (Wildman–Crippen LogP) is 6.70. The number of rotatable bonds is 9. The lowest BCUT2D eigenvalue weighted by atomic mass is 9.63. The fraction of sp³-hybridized carbons (Fsp3) is 0.553. The van der Waals surface area contributed by atoms with Gasteiger partial charge in [0.05, 0.1) is 53.6 Å². The number of anilines is 2. The molecule has 4 fully saturated rings. The lowest BCUT2D eigenvalue weighted by Gasteiger charge is -2.48. The highest BCUT2D eigenvalue weighted by molar-refractivity contribution is 7.16. The average molecular weight is 889 g/mol. The van der Waals surface area contributed by atoms with Crippen LogP contribution in [0.25, 0.3) is 22.4 Å². The number of methoxy groups -OCH3 is 1. The molecule has 3 aliphatic carbocycles. The van der Waals surface area contributed by atoms with Gasteiger partial charge in [0, 0.05) is 54.3 Å². The number of carbonyl (C=O) groups excluding carboxylic acids is 2. The van der Waals surface area contributed by atoms with Crippen molar-refractivity contribution in [3.8, 4) is 29.3 Å². The number of aromatic nitrogens is 5. The molecular weight excluding hydrogens is 836 g/mol. The maximum Gasteiger partial charge on any atom is 0.235 e. The minimum absolute atomic E-state index is 0.0607. The largest absolute Gasteiger partial charge is 0.481 e. The predicted molar refractivity (Wildman–Crippen MR) is 237 cm³/mol. The topological polar surface area (TPSA) is 191 Å². The van der Waals surface area contributed by atoms with E-state index in [1.165, 1.54) is 22.3 Å². The molecule has 2 atom stereocenters. The highest BCUT2D eigenvalue weighted by atomic mass is 32.1. The number of imide groups is 1. The summed E-state index contributed by atoms with van der Waals surface area (Å²) in [5.74, 6) is 0.535. The first-order valence-corrected chi connectivity index (χ1v) is 23.7. The van der Waals surface area contributed by atoms with Crippen LogP contribution in [-0.2, 0) is 34.9 Å². The number of nitrogens with zero attached hydrogens (tertiary/aromatic N) is 8. The van der Waals surface area contributed by atoms with Gasteiger partial charge in [0.2, 0.25) is 23.6 Å². The third-order valence-corrected chi connectivity index (χ3v) is 16.7. The Hall–Kier alpha value is -5.60. The number of halogens is 1. The zero-order chi connectivity index (χ0) is 44.0. The van der Waals surface area contributed by atoms with E-state index in [9.17, 15) is 14.9 Å². The molecule has 64 heavy (non-hydrogen) atoms. The molecule has 15 nitrogen and oxygen atoms in total. The molecule has 0 radical (unpaired) electrons. The molecule has 1 aromatic carbocycles. The molecule has 334 valence electrons. The molecule has 0 bridgehead atoms. The number of piperidine rings is 3. The Morgan fingerprint density at radius 1 is 1.00 bits per heavy atom. The summed E-state index contributed by atoms with van der Waals surface area (Å²) in [6.07, 6.45) is 12.4. The summed E-state index contributed by atoms with van der Waals surface area (Å²) < 4.78 is 36.0. The number of carbonyl (C=O) groups is 2. The van der Waals surface area contributed by atoms with E-state index < -0.39 is 11.3 Å². The van der Waals surface area contributed by atoms with Crippen LogP contribution in [0.2, 0.25) is 0 Å². The number of nitrogen functional groups attached to an aromatic ring is 1. The summed E-state index contributed by atoms with van der Waals surface area (Å²) in [4.78, 5) is 39.9. The quantitative estimate of drug-likeness (QED) is 0.149. The highest BCUT2D eigenvalue weighted by Gasteiger charge is 2.50. The van der Waals surface area contributed by atoms with Crippen LogP contribution in [-0.4, -0.2) is 88.1 Å². The lowest BCUT2D eigenvalue weighted by molar-refractivity contribution is -0.134. The van der Waals surface area contributed by atoms with Crippen LogP contribution >= 0.6 is 11.3 Å². The normalized spacial score (nSPS) is 23.8. The van der Waals surface area contributed by atoms with Crippen LogP contribution in [0.5, 0.6) is 11.8 Å². The molecule has 6 aliphatic rings. The van der Waals surface area contributed by atoms with Gasteiger partial charge in [0.15, 0.2) is 17.3 Å². The summed E-state index contributed by atoms with van der Waals surface area (Å²) in [5, 5.41) is 22.9. The smallest absolute Gasteiger partial charge is 0.235 e. The number of nitriles is 1. The minimum Gasteiger partial charge on any atom is -0.481 e. The standard InChI is InChI=1S/C47H53FN10O5S/c1-56-32-22-33(31(48)21-29(32)39(54-56)28-7-8-35(59)51-44(28)60)58-19-15-45(16-20-58)13-17-57(18-14-45)25-46(11-12-46)26-62-37-23-36(61-2)52-43(53-37)40-27-5-3-9-47(41(27)63-55-40)10-4-6-34-38(47)30(24-49)42(50)64-34/h21-23,28H,3-20,25-26,50H2,1-2H3,(H,51,59,60)/t28?,47-/m0/s1. The SMILES string of the molecule is COc1cc(OCC2(CN3CCC4(CC3)CCN(c3cc5c(cc3F)c(C3CCC(=O)NC3=O)nn5C)CC4)CC2)nc(-c2noc3c2CCC[C@@]32CCCc3sc(N)c(C#N)c32)n1. The number of benzene rings is 1. The molecule has 1 saturated carbocycles. The Bertz CT molecular complexity index is 2730. The molecular formula is C47H53FN10O5S. The van der Waals surface area contributed by atoms with Crippen molar-refractivity contribution in [2.45, 2.75) is 101 Å². The molecule has 2 amide bonds. The van der Waals surface area contributed by atoms with E-state index in [-0.39, 0.29) is 34.9 Å². The number of ether oxygens (including phenoxy) is 2. The number of thiophene rings is 1. The van der Waals surface area contributed by atoms with Crippen LogP contribution in [0.4, 0.5) is 15.1 Å². The second kappa shape index (κ2) is 15.5. The Balaban J connectivity index is 0.725. The number of nitrogens with one attached hydrogen (secondary N) is 1. The van der Waals surface area contributed by atoms with Crippen molar-refractivity contribution in [3.05, 3.63) is 57.0 Å². The molecule has 3 aliphatic heterocycles. The van der Waals surface area contributed by atoms with Gasteiger partial charge in [-0.25, -0.2) is 4.39 Å². The van der Waals surface area contributed by atoms with Crippen LogP contribution in [0, 0.1) is 28.0 Å². The van der Waals surface area contributed by atoms with Crippen LogP contribution < -0.4 is 25.4 Å². The van der Waals surface area contributed by atoms with Gasteiger partial charge in [-0.1, -0.05) is 5.16 Å². The van der Waals surface area contributed by atoms with Gasteiger partial charge in [-0.3, -0.25) is 19.6 Å². The number of hydrogen-bond acceptors (Lipinski definition) is 14. The number of likely N-dealkylation sites (tertiary alicyclic amines) is 1. The maximum absolute atomic E-state index is 15.9. The lowest BCUT2D eigenvalue weighted by Crippen LogP contribution is -2.48. The van der Waals surface area contributed by atoms with E-state index in [1.807, 2.05) is 13.1 Å². The molecule has 3 saturated heterocycles. The van der Waals surface area contributed by atoms with E-state index in [0.717, 1.165) is 132 Å². The van der Waals surface area contributed by atoms with Gasteiger partial charge in [-0.2, -0.15) is 20.3 Å². The van der Waals surface area contributed by atoms with E-state index in [4.69, 9.17) is 29.7 Å². The Morgan fingerprint density at radius 3 is 2.48 bits per heavy atom. The van der Waals surface area contributed by atoms with Crippen molar-refractivity contribution < 1.29 is 28.0 Å². The second-order valence-corrected chi connectivity index (χ2v) is 20.5. The zero-order valence-electron chi connectivity index (χ0n) is 36.4. The maximum atomic E-state index is 15.9. The monoisotopic (exact) mass is 888 g/mol. The summed E-state index contributed by atoms with van der Waals surface area (Å²) in [6.45, 7) is 5.14. The van der Waals surface area contributed by atoms with Crippen molar-refractivity contribution in [2.75, 3.05) is 57.1 Å². The van der Waals surface area contributed by atoms with Gasteiger partial charge < -0.3 is 29.5 Å². The number of hydrogen-bond donors (Lipinski definition) is 2. The van der Waals surface area contributed by atoms with Gasteiger partial charge in [0.1, 0.15) is 16.9 Å². The third-order valence-electron chi connectivity index (χ3n) is 15.6. The average Bonchev–Trinajstić information content (AvgIpc) is 3.59. The number of amides is 2. The number of fused-ring (bicyclic) bond motifs is 5. The molecule has 4 aromatic heterocycles. The minimum atomic E-state index is -0.573. The van der Waals surface area contributed by atoms with Gasteiger partial charge in [-0.15, -0.1) is 11.3 Å². The van der Waals surface area contributed by atoms with Crippen molar-refractivity contribution in [1.82, 2.24) is 35.1 Å². The van der Waals surface area contributed by atoms with Crippen molar-refractivity contribution in [3.63, 3.8) is 0 Å². The third kappa shape index (κ3) is 6.90. The van der Waals surface area contributed by atoms with E-state index >= 15 is 4.39 Å². The highest BCUT2D eigenvalue weighted by Crippen LogP contribution is 2.55. The van der Waals surface area contributed by atoms with Crippen molar-refractivity contribution in [1.29, 1.82) is 5.26 Å². The second-order valence-electron chi connectivity index (χ2n) is 19.3. The fourth-order valence-electron chi connectivity index (χ4n) is 11.8. The molecule has 1 unspecified atom stereocenters. The summed E-state index contributed by atoms with van der Waals surface area (Å²) in [5.41, 5.74) is 11.3. The molecule has 11 rings (SSSR count). The van der Waals surface area contributed by atoms with Gasteiger partial charge in [-0.05, 0) is 120 Å². The van der Waals surface area contributed by atoms with Gasteiger partial charge >= 0.3 is 0 Å². The number of aryl methyl sites for hydroxylation is 2. The first kappa shape index (κ1) is 41.1. The van der Waals surface area contributed by atoms with Crippen molar-refractivity contribution >= 4 is 44.7 Å². The molecule has 5 aromatic rings. The zero-order valence-corrected chi connectivity index (χ0v) is 37.3. The van der Waals surface area contributed by atoms with E-state index in [0.29, 0.717) is 63.6 Å². The van der Waals surface area contributed by atoms with Crippen LogP contribution in [0.15, 0.2) is 22.7 Å². The fourth-order valence-corrected chi connectivity index (χ4v) is 12.9. The van der Waals surface area contributed by atoms with Crippen molar-refractivity contribution in [2.24, 2.45) is 17.9 Å². The summed E-state index contributed by atoms with van der Waals surface area (Å²) in [6, 6.07) is 7.53. The Labute approximate surface area is 374 Å². The molecule has 3 N–H and O–H groups in total. The first-order chi connectivity index (χ1) is 31.0. The first-order valence-electron chi connectivity index (χ1n) is 22.8. The Morgan fingerprint density at radius 2 is 1.75 bits per heavy atom. The van der Waals surface area contributed by atoms with Gasteiger partial charge in [0.25, 0.3) is 0 Å². The number of nitrogens with two attached hydrogens (primary N) is 1. The summed E-state index contributed by atoms with van der Waals surface area (Å²) >= 11 is 1.53. The molecule has 2 spiro atoms. The molecule has 7 heterocycles. The Kier molecular flexibility index (Phi) is 9.99. The summed E-state index contributed by atoms with van der Waals surface area (Å²) in [7, 11) is 3.41. The van der Waals surface area contributed by atoms with E-state index in [2.05, 4.69) is 31.4 Å².